The Hall–Kier alpha value is -0.980. The summed E-state index contributed by atoms with van der Waals surface area (Å²) in [4.78, 5) is 13.9. The van der Waals surface area contributed by atoms with Crippen LogP contribution in [0.1, 0.15) is 24.8 Å². The van der Waals surface area contributed by atoms with E-state index < -0.39 is 0 Å². The van der Waals surface area contributed by atoms with Crippen molar-refractivity contribution in [2.45, 2.75) is 38.0 Å². The van der Waals surface area contributed by atoms with Crippen LogP contribution >= 0.6 is 27.5 Å². The Labute approximate surface area is 148 Å². The van der Waals surface area contributed by atoms with Crippen LogP contribution in [0, 0.1) is 0 Å². The maximum Gasteiger partial charge on any atom is 0.238 e. The first-order valence-electron chi connectivity index (χ1n) is 7.70. The predicted octanol–water partition coefficient (Wildman–Crippen LogP) is 2.70. The maximum absolute atomic E-state index is 12.1. The quantitative estimate of drug-likeness (QED) is 0.784. The van der Waals surface area contributed by atoms with Gasteiger partial charge in [0.15, 0.2) is 11.5 Å². The van der Waals surface area contributed by atoms with Gasteiger partial charge in [-0.3, -0.25) is 4.79 Å². The molecule has 0 aromatic heterocycles. The highest BCUT2D eigenvalue weighted by molar-refractivity contribution is 9.10. The normalized spacial score (nSPS) is 22.9. The van der Waals surface area contributed by atoms with Gasteiger partial charge < -0.3 is 19.5 Å². The van der Waals surface area contributed by atoms with Gasteiger partial charge in [0.2, 0.25) is 5.91 Å². The molecule has 2 aliphatic rings. The van der Waals surface area contributed by atoms with Crippen LogP contribution in [0.25, 0.3) is 0 Å². The molecule has 3 rings (SSSR count). The molecule has 0 radical (unpaired) electrons. The third kappa shape index (κ3) is 3.75. The van der Waals surface area contributed by atoms with Crippen molar-refractivity contribution in [1.82, 2.24) is 4.90 Å². The first kappa shape index (κ1) is 16.9. The zero-order valence-corrected chi connectivity index (χ0v) is 15.0. The van der Waals surface area contributed by atoms with E-state index in [4.69, 9.17) is 21.1 Å². The second-order valence-corrected chi connectivity index (χ2v) is 7.01. The minimum absolute atomic E-state index is 0.0472. The van der Waals surface area contributed by atoms with E-state index in [1.54, 1.807) is 4.90 Å². The van der Waals surface area contributed by atoms with Gasteiger partial charge in [0.05, 0.1) is 23.8 Å². The molecule has 126 valence electrons. The van der Waals surface area contributed by atoms with E-state index in [0.29, 0.717) is 44.1 Å². The fraction of sp³-hybridized carbons (Fsp3) is 0.562. The topological polar surface area (TPSA) is 59.0 Å². The van der Waals surface area contributed by atoms with Crippen molar-refractivity contribution in [3.63, 3.8) is 0 Å². The van der Waals surface area contributed by atoms with E-state index >= 15 is 0 Å². The third-order valence-corrected chi connectivity index (χ3v) is 5.00. The van der Waals surface area contributed by atoms with Crippen molar-refractivity contribution in [1.29, 1.82) is 0 Å². The lowest BCUT2D eigenvalue weighted by atomic mass is 9.87. The predicted molar refractivity (Wildman–Crippen MR) is 90.0 cm³/mol. The molecular formula is C16H19BrClNO4. The van der Waals surface area contributed by atoms with E-state index in [0.717, 1.165) is 16.5 Å². The molecule has 1 amide bonds. The summed E-state index contributed by atoms with van der Waals surface area (Å²) >= 11 is 9.25. The zero-order valence-electron chi connectivity index (χ0n) is 12.6. The molecule has 1 fully saturated rings. The van der Waals surface area contributed by atoms with Crippen LogP contribution in [-0.2, 0) is 11.3 Å². The first-order chi connectivity index (χ1) is 11.1. The molecule has 7 heteroatoms. The van der Waals surface area contributed by atoms with Crippen LogP contribution in [-0.4, -0.2) is 47.2 Å². The van der Waals surface area contributed by atoms with Crippen LogP contribution in [0.4, 0.5) is 0 Å². The molecule has 1 aromatic rings. The molecule has 1 heterocycles. The number of carbonyl (C=O) groups is 1. The smallest absolute Gasteiger partial charge is 0.238 e. The Morgan fingerprint density at radius 3 is 2.78 bits per heavy atom. The van der Waals surface area contributed by atoms with E-state index in [1.165, 1.54) is 0 Å². The third-order valence-electron chi connectivity index (χ3n) is 4.18. The van der Waals surface area contributed by atoms with Gasteiger partial charge in [-0.2, -0.15) is 0 Å². The number of halogens is 2. The van der Waals surface area contributed by atoms with Crippen LogP contribution < -0.4 is 9.47 Å². The molecule has 23 heavy (non-hydrogen) atoms. The first-order valence-corrected chi connectivity index (χ1v) is 9.02. The number of aliphatic hydroxyl groups excluding tert-OH is 1. The van der Waals surface area contributed by atoms with Gasteiger partial charge in [-0.15, -0.1) is 11.6 Å². The van der Waals surface area contributed by atoms with Gasteiger partial charge >= 0.3 is 0 Å². The molecule has 0 spiro atoms. The van der Waals surface area contributed by atoms with Crippen LogP contribution in [0.5, 0.6) is 11.5 Å². The largest absolute Gasteiger partial charge is 0.490 e. The van der Waals surface area contributed by atoms with Gasteiger partial charge in [0.25, 0.3) is 0 Å². The highest BCUT2D eigenvalue weighted by Crippen LogP contribution is 2.39. The van der Waals surface area contributed by atoms with E-state index in [2.05, 4.69) is 15.9 Å². The fourth-order valence-electron chi connectivity index (χ4n) is 2.88. The average molecular weight is 405 g/mol. The Morgan fingerprint density at radius 2 is 2.09 bits per heavy atom. The zero-order chi connectivity index (χ0) is 16.4. The van der Waals surface area contributed by atoms with Crippen molar-refractivity contribution < 1.29 is 19.4 Å². The number of hydrogen-bond acceptors (Lipinski definition) is 4. The molecule has 1 aromatic carbocycles. The molecule has 5 nitrogen and oxygen atoms in total. The molecule has 0 bridgehead atoms. The molecule has 1 aliphatic heterocycles. The number of alkyl halides is 1. The Kier molecular flexibility index (Phi) is 5.34. The van der Waals surface area contributed by atoms with Gasteiger partial charge in [-0.25, -0.2) is 0 Å². The number of amides is 1. The minimum atomic E-state index is -0.318. The van der Waals surface area contributed by atoms with Crippen molar-refractivity contribution in [3.8, 4) is 11.5 Å². The number of rotatable bonds is 4. The molecule has 0 atom stereocenters. The number of hydrogen-bond donors (Lipinski definition) is 1. The summed E-state index contributed by atoms with van der Waals surface area (Å²) in [7, 11) is 0. The Morgan fingerprint density at radius 1 is 1.35 bits per heavy atom. The second-order valence-electron chi connectivity index (χ2n) is 5.89. The summed E-state index contributed by atoms with van der Waals surface area (Å²) < 4.78 is 12.2. The number of fused-ring (bicyclic) bond motifs is 1. The van der Waals surface area contributed by atoms with Gasteiger partial charge in [0.1, 0.15) is 5.88 Å². The number of aliphatic hydroxyl groups is 1. The summed E-state index contributed by atoms with van der Waals surface area (Å²) in [5.74, 6) is 1.23. The van der Waals surface area contributed by atoms with E-state index in [-0.39, 0.29) is 23.9 Å². The summed E-state index contributed by atoms with van der Waals surface area (Å²) in [5.41, 5.74) is 0.945. The van der Waals surface area contributed by atoms with E-state index in [9.17, 15) is 9.90 Å². The number of carbonyl (C=O) groups excluding carboxylic acids is 1. The highest BCUT2D eigenvalue weighted by atomic mass is 79.9. The van der Waals surface area contributed by atoms with Crippen LogP contribution in [0.3, 0.4) is 0 Å². The number of benzene rings is 1. The molecule has 0 saturated heterocycles. The number of nitrogens with zero attached hydrogens (tertiary/aromatic N) is 1. The van der Waals surface area contributed by atoms with Crippen molar-refractivity contribution in [2.24, 2.45) is 0 Å². The lowest BCUT2D eigenvalue weighted by Gasteiger charge is -2.40. The summed E-state index contributed by atoms with van der Waals surface area (Å²) in [5, 5.41) is 9.51. The summed E-state index contributed by atoms with van der Waals surface area (Å²) in [6, 6.07) is 3.90. The van der Waals surface area contributed by atoms with Gasteiger partial charge in [-0.1, -0.05) is 0 Å². The molecule has 1 aliphatic carbocycles. The summed E-state index contributed by atoms with van der Waals surface area (Å²) in [6.45, 7) is 1.68. The minimum Gasteiger partial charge on any atom is -0.490 e. The van der Waals surface area contributed by atoms with E-state index in [1.807, 2.05) is 12.1 Å². The summed E-state index contributed by atoms with van der Waals surface area (Å²) in [6.07, 6.45) is 1.73. The lowest BCUT2D eigenvalue weighted by Crippen LogP contribution is -2.49. The molecule has 1 N–H and O–H groups in total. The van der Waals surface area contributed by atoms with Crippen LogP contribution in [0.2, 0.25) is 0 Å². The second kappa shape index (κ2) is 7.28. The fourth-order valence-corrected chi connectivity index (χ4v) is 3.64. The monoisotopic (exact) mass is 403 g/mol. The average Bonchev–Trinajstić information content (AvgIpc) is 2.75. The van der Waals surface area contributed by atoms with Crippen molar-refractivity contribution in [2.75, 3.05) is 19.1 Å². The molecular weight excluding hydrogens is 386 g/mol. The SMILES string of the molecule is O=C(CCl)N(Cc1cc(Br)c2c(c1)OCCCO2)C1CC(O)C1. The lowest BCUT2D eigenvalue weighted by molar-refractivity contribution is -0.136. The van der Waals surface area contributed by atoms with Gasteiger partial charge in [0, 0.05) is 19.0 Å². The maximum atomic E-state index is 12.1. The van der Waals surface area contributed by atoms with Crippen molar-refractivity contribution in [3.05, 3.63) is 22.2 Å². The Balaban J connectivity index is 1.81. The Bertz CT molecular complexity index is 592. The van der Waals surface area contributed by atoms with Crippen LogP contribution in [0.15, 0.2) is 16.6 Å². The molecule has 1 saturated carbocycles. The number of ether oxygens (including phenoxy) is 2. The standard InChI is InChI=1S/C16H19BrClNO4/c17-13-4-10(5-14-16(13)23-3-1-2-22-14)9-19(15(21)8-18)11-6-12(20)7-11/h4-5,11-12,20H,1-3,6-9H2. The highest BCUT2D eigenvalue weighted by Gasteiger charge is 2.34. The van der Waals surface area contributed by atoms with Crippen molar-refractivity contribution >= 4 is 33.4 Å². The van der Waals surface area contributed by atoms with Gasteiger partial charge in [-0.05, 0) is 46.5 Å². The molecule has 0 unspecified atom stereocenters.